The van der Waals surface area contributed by atoms with Crippen molar-refractivity contribution in [2.24, 2.45) is 0 Å². The standard InChI is InChI=1S/C19H20F3N5O2/c20-13-8-14(27(9-13)18(28)12-3-4-15(21)16(22)7-12)10-26-11-17(23-24-26)19(29)25-5-1-2-6-25/h3-4,7,11,13-14H,1-2,5-6,8-10H2/t13-,14-/m0/s1. The van der Waals surface area contributed by atoms with E-state index in [4.69, 9.17) is 0 Å². The molecule has 2 amide bonds. The van der Waals surface area contributed by atoms with Gasteiger partial charge in [-0.25, -0.2) is 17.9 Å². The predicted molar refractivity (Wildman–Crippen MR) is 95.9 cm³/mol. The molecule has 0 unspecified atom stereocenters. The Morgan fingerprint density at radius 3 is 2.59 bits per heavy atom. The number of benzene rings is 1. The van der Waals surface area contributed by atoms with E-state index in [0.29, 0.717) is 13.1 Å². The molecule has 0 spiro atoms. The van der Waals surface area contributed by atoms with E-state index in [2.05, 4.69) is 10.3 Å². The molecule has 3 heterocycles. The van der Waals surface area contributed by atoms with Crippen molar-refractivity contribution in [3.05, 3.63) is 47.3 Å². The van der Waals surface area contributed by atoms with E-state index in [-0.39, 0.29) is 36.7 Å². The zero-order valence-electron chi connectivity index (χ0n) is 15.6. The normalized spacial score (nSPS) is 21.8. The second-order valence-corrected chi connectivity index (χ2v) is 7.40. The Balaban J connectivity index is 1.48. The van der Waals surface area contributed by atoms with Crippen LogP contribution in [0.5, 0.6) is 0 Å². The maximum Gasteiger partial charge on any atom is 0.276 e. The first-order valence-corrected chi connectivity index (χ1v) is 9.52. The molecule has 2 saturated heterocycles. The summed E-state index contributed by atoms with van der Waals surface area (Å²) in [5.74, 6) is -2.97. The van der Waals surface area contributed by atoms with Gasteiger partial charge in [0.2, 0.25) is 0 Å². The summed E-state index contributed by atoms with van der Waals surface area (Å²) in [7, 11) is 0. The Labute approximate surface area is 165 Å². The molecule has 0 aliphatic carbocycles. The van der Waals surface area contributed by atoms with Gasteiger partial charge in [0.15, 0.2) is 17.3 Å². The number of hydrogen-bond acceptors (Lipinski definition) is 4. The van der Waals surface area contributed by atoms with E-state index in [0.717, 1.165) is 25.0 Å². The predicted octanol–water partition coefficient (Wildman–Crippen LogP) is 2.05. The summed E-state index contributed by atoms with van der Waals surface area (Å²) in [4.78, 5) is 28.1. The molecule has 2 aliphatic heterocycles. The molecule has 29 heavy (non-hydrogen) atoms. The van der Waals surface area contributed by atoms with Gasteiger partial charge in [-0.15, -0.1) is 5.10 Å². The highest BCUT2D eigenvalue weighted by atomic mass is 19.2. The van der Waals surface area contributed by atoms with Gasteiger partial charge < -0.3 is 9.80 Å². The van der Waals surface area contributed by atoms with E-state index >= 15 is 0 Å². The zero-order chi connectivity index (χ0) is 20.5. The number of halogens is 3. The number of likely N-dealkylation sites (tertiary alicyclic amines) is 2. The fraction of sp³-hybridized carbons (Fsp3) is 0.474. The van der Waals surface area contributed by atoms with Gasteiger partial charge in [0.05, 0.1) is 25.3 Å². The van der Waals surface area contributed by atoms with Crippen molar-refractivity contribution in [1.29, 1.82) is 0 Å². The lowest BCUT2D eigenvalue weighted by molar-refractivity contribution is 0.0712. The van der Waals surface area contributed by atoms with Crippen molar-refractivity contribution in [3.8, 4) is 0 Å². The molecule has 0 radical (unpaired) electrons. The maximum absolute atomic E-state index is 14.0. The summed E-state index contributed by atoms with van der Waals surface area (Å²) in [6.07, 6.45) is 2.27. The van der Waals surface area contributed by atoms with Crippen LogP contribution in [0.15, 0.2) is 24.4 Å². The van der Waals surface area contributed by atoms with Crippen molar-refractivity contribution in [2.45, 2.75) is 38.0 Å². The van der Waals surface area contributed by atoms with Gasteiger partial charge in [0.25, 0.3) is 11.8 Å². The number of aromatic nitrogens is 3. The molecule has 10 heteroatoms. The van der Waals surface area contributed by atoms with Crippen LogP contribution in [-0.2, 0) is 6.54 Å². The average Bonchev–Trinajstić information content (AvgIpc) is 3.44. The number of hydrogen-bond donors (Lipinski definition) is 0. The van der Waals surface area contributed by atoms with Gasteiger partial charge >= 0.3 is 0 Å². The van der Waals surface area contributed by atoms with Gasteiger partial charge in [-0.05, 0) is 31.0 Å². The molecule has 154 valence electrons. The highest BCUT2D eigenvalue weighted by Crippen LogP contribution is 2.24. The number of carbonyl (C=O) groups is 2. The lowest BCUT2D eigenvalue weighted by Crippen LogP contribution is -2.38. The smallest absolute Gasteiger partial charge is 0.276 e. The lowest BCUT2D eigenvalue weighted by atomic mass is 10.1. The largest absolute Gasteiger partial charge is 0.337 e. The molecule has 2 aliphatic rings. The van der Waals surface area contributed by atoms with Gasteiger partial charge in [-0.1, -0.05) is 5.21 Å². The fourth-order valence-electron chi connectivity index (χ4n) is 3.86. The third kappa shape index (κ3) is 3.96. The first kappa shape index (κ1) is 19.4. The SMILES string of the molecule is O=C(c1cn(C[C@@H]2C[C@H](F)CN2C(=O)c2ccc(F)c(F)c2)nn1)N1CCCC1. The molecular formula is C19H20F3N5O2. The monoisotopic (exact) mass is 407 g/mol. The number of nitrogens with zero attached hydrogens (tertiary/aromatic N) is 5. The van der Waals surface area contributed by atoms with Crippen molar-refractivity contribution in [3.63, 3.8) is 0 Å². The van der Waals surface area contributed by atoms with Crippen molar-refractivity contribution >= 4 is 11.8 Å². The van der Waals surface area contributed by atoms with Gasteiger partial charge in [-0.3, -0.25) is 9.59 Å². The summed E-state index contributed by atoms with van der Waals surface area (Å²) in [5, 5.41) is 7.84. The maximum atomic E-state index is 14.0. The van der Waals surface area contributed by atoms with Crippen molar-refractivity contribution < 1.29 is 22.8 Å². The van der Waals surface area contributed by atoms with E-state index in [1.165, 1.54) is 21.8 Å². The molecule has 1 aromatic heterocycles. The van der Waals surface area contributed by atoms with Gasteiger partial charge in [0.1, 0.15) is 6.17 Å². The molecule has 0 N–H and O–H groups in total. The minimum absolute atomic E-state index is 0.0495. The first-order chi connectivity index (χ1) is 13.9. The Hall–Kier alpha value is -2.91. The Kier molecular flexibility index (Phi) is 5.25. The van der Waals surface area contributed by atoms with E-state index < -0.39 is 29.8 Å². The Bertz CT molecular complexity index is 928. The molecule has 2 fully saturated rings. The van der Waals surface area contributed by atoms with Crippen molar-refractivity contribution in [1.82, 2.24) is 24.8 Å². The summed E-state index contributed by atoms with van der Waals surface area (Å²) >= 11 is 0. The Morgan fingerprint density at radius 1 is 1.10 bits per heavy atom. The molecule has 2 aromatic rings. The van der Waals surface area contributed by atoms with Crippen LogP contribution in [0.25, 0.3) is 0 Å². The van der Waals surface area contributed by atoms with E-state index in [9.17, 15) is 22.8 Å². The van der Waals surface area contributed by atoms with E-state index in [1.54, 1.807) is 4.90 Å². The number of amides is 2. The van der Waals surface area contributed by atoms with Crippen LogP contribution in [0.1, 0.15) is 40.1 Å². The third-order valence-electron chi connectivity index (χ3n) is 5.34. The van der Waals surface area contributed by atoms with Crippen LogP contribution in [0.2, 0.25) is 0 Å². The number of carbonyl (C=O) groups excluding carboxylic acids is 2. The molecule has 2 atom stereocenters. The first-order valence-electron chi connectivity index (χ1n) is 9.52. The van der Waals surface area contributed by atoms with Crippen LogP contribution in [0, 0.1) is 11.6 Å². The molecule has 0 bridgehead atoms. The number of alkyl halides is 1. The highest BCUT2D eigenvalue weighted by Gasteiger charge is 2.36. The summed E-state index contributed by atoms with van der Waals surface area (Å²) in [6, 6.07) is 2.31. The fourth-order valence-corrected chi connectivity index (χ4v) is 3.86. The second-order valence-electron chi connectivity index (χ2n) is 7.40. The molecule has 1 aromatic carbocycles. The average molecular weight is 407 g/mol. The summed E-state index contributed by atoms with van der Waals surface area (Å²) < 4.78 is 42.1. The van der Waals surface area contributed by atoms with E-state index in [1.807, 2.05) is 0 Å². The van der Waals surface area contributed by atoms with Gasteiger partial charge in [-0.2, -0.15) is 0 Å². The highest BCUT2D eigenvalue weighted by molar-refractivity contribution is 5.94. The molecule has 7 nitrogen and oxygen atoms in total. The topological polar surface area (TPSA) is 71.3 Å². The second kappa shape index (κ2) is 7.84. The van der Waals surface area contributed by atoms with Crippen LogP contribution in [-0.4, -0.2) is 68.5 Å². The minimum Gasteiger partial charge on any atom is -0.337 e. The molecular weight excluding hydrogens is 387 g/mol. The summed E-state index contributed by atoms with van der Waals surface area (Å²) in [6.45, 7) is 1.38. The van der Waals surface area contributed by atoms with Crippen LogP contribution in [0.4, 0.5) is 13.2 Å². The third-order valence-corrected chi connectivity index (χ3v) is 5.34. The zero-order valence-corrected chi connectivity index (χ0v) is 15.6. The van der Waals surface area contributed by atoms with Crippen LogP contribution >= 0.6 is 0 Å². The summed E-state index contributed by atoms with van der Waals surface area (Å²) in [5.41, 5.74) is 0.159. The van der Waals surface area contributed by atoms with Gasteiger partial charge in [0, 0.05) is 25.1 Å². The Morgan fingerprint density at radius 2 is 1.86 bits per heavy atom. The molecule has 0 saturated carbocycles. The van der Waals surface area contributed by atoms with Crippen molar-refractivity contribution in [2.75, 3.05) is 19.6 Å². The van der Waals surface area contributed by atoms with Crippen LogP contribution < -0.4 is 0 Å². The molecule has 4 rings (SSSR count). The van der Waals surface area contributed by atoms with Crippen LogP contribution in [0.3, 0.4) is 0 Å². The number of rotatable bonds is 4. The minimum atomic E-state index is -1.23. The lowest BCUT2D eigenvalue weighted by Gasteiger charge is -2.24. The quantitative estimate of drug-likeness (QED) is 0.778.